The lowest BCUT2D eigenvalue weighted by Gasteiger charge is -2.15. The molecule has 7 nitrogen and oxygen atoms in total. The summed E-state index contributed by atoms with van der Waals surface area (Å²) >= 11 is 0. The van der Waals surface area contributed by atoms with Crippen LogP contribution in [-0.4, -0.2) is 23.3 Å². The molecular formula is C18H16N2O5. The van der Waals surface area contributed by atoms with Crippen LogP contribution >= 0.6 is 0 Å². The molecule has 1 aliphatic rings. The minimum absolute atomic E-state index is 0.0803. The van der Waals surface area contributed by atoms with Gasteiger partial charge in [0, 0.05) is 30.3 Å². The fourth-order valence-electron chi connectivity index (χ4n) is 2.71. The molecule has 128 valence electrons. The number of esters is 1. The molecule has 0 spiro atoms. The lowest BCUT2D eigenvalue weighted by molar-refractivity contribution is -0.385. The summed E-state index contributed by atoms with van der Waals surface area (Å²) in [5.41, 5.74) is 1.21. The molecule has 2 aromatic rings. The number of carbonyl (C=O) groups excluding carboxylic acids is 2. The number of anilines is 1. The Kier molecular flexibility index (Phi) is 4.47. The molecule has 0 bridgehead atoms. The van der Waals surface area contributed by atoms with E-state index in [0.717, 1.165) is 12.1 Å². The summed E-state index contributed by atoms with van der Waals surface area (Å²) in [6.45, 7) is 2.29. The zero-order valence-electron chi connectivity index (χ0n) is 13.6. The molecule has 1 fully saturated rings. The highest BCUT2D eigenvalue weighted by molar-refractivity contribution is 5.95. The minimum atomic E-state index is -0.673. The molecule has 0 aliphatic carbocycles. The summed E-state index contributed by atoms with van der Waals surface area (Å²) in [5.74, 6) is -0.284. The number of aryl methyl sites for hydroxylation is 1. The van der Waals surface area contributed by atoms with Crippen LogP contribution in [0.4, 0.5) is 11.4 Å². The van der Waals surface area contributed by atoms with E-state index in [4.69, 9.17) is 4.74 Å². The Balaban J connectivity index is 1.74. The predicted molar refractivity (Wildman–Crippen MR) is 90.8 cm³/mol. The molecule has 0 radical (unpaired) electrons. The van der Waals surface area contributed by atoms with Crippen molar-refractivity contribution in [2.24, 2.45) is 0 Å². The Morgan fingerprint density at radius 3 is 2.52 bits per heavy atom. The maximum atomic E-state index is 12.2. The van der Waals surface area contributed by atoms with Crippen LogP contribution in [-0.2, 0) is 4.79 Å². The van der Waals surface area contributed by atoms with E-state index in [9.17, 15) is 19.7 Å². The third-order valence-electron chi connectivity index (χ3n) is 4.07. The minimum Gasteiger partial charge on any atom is -0.423 e. The molecule has 0 N–H and O–H groups in total. The number of hydrogen-bond donors (Lipinski definition) is 0. The van der Waals surface area contributed by atoms with Gasteiger partial charge in [-0.3, -0.25) is 14.9 Å². The Hall–Kier alpha value is -3.22. The normalized spacial score (nSPS) is 13.8. The van der Waals surface area contributed by atoms with Gasteiger partial charge >= 0.3 is 5.97 Å². The van der Waals surface area contributed by atoms with E-state index in [-0.39, 0.29) is 17.2 Å². The molecule has 1 amide bonds. The number of rotatable bonds is 4. The van der Waals surface area contributed by atoms with Crippen LogP contribution in [0.3, 0.4) is 0 Å². The second-order valence-electron chi connectivity index (χ2n) is 5.79. The molecule has 0 aromatic heterocycles. The van der Waals surface area contributed by atoms with Crippen LogP contribution in [0.25, 0.3) is 0 Å². The fraction of sp³-hybridized carbons (Fsp3) is 0.222. The third kappa shape index (κ3) is 3.50. The van der Waals surface area contributed by atoms with Crippen LogP contribution in [0, 0.1) is 17.0 Å². The number of hydrogen-bond acceptors (Lipinski definition) is 5. The van der Waals surface area contributed by atoms with Gasteiger partial charge in [-0.25, -0.2) is 4.79 Å². The van der Waals surface area contributed by atoms with Crippen molar-refractivity contribution in [3.63, 3.8) is 0 Å². The van der Waals surface area contributed by atoms with E-state index in [1.807, 2.05) is 0 Å². The van der Waals surface area contributed by atoms with Gasteiger partial charge < -0.3 is 9.64 Å². The summed E-state index contributed by atoms with van der Waals surface area (Å²) in [6, 6.07) is 10.8. The number of ether oxygens (including phenoxy) is 1. The molecular weight excluding hydrogens is 324 g/mol. The first-order valence-corrected chi connectivity index (χ1v) is 7.83. The Morgan fingerprint density at radius 1 is 1.20 bits per heavy atom. The van der Waals surface area contributed by atoms with Crippen LogP contribution in [0.5, 0.6) is 5.75 Å². The van der Waals surface area contributed by atoms with Crippen molar-refractivity contribution < 1.29 is 19.2 Å². The van der Waals surface area contributed by atoms with Gasteiger partial charge in [0.2, 0.25) is 5.91 Å². The van der Waals surface area contributed by atoms with Crippen molar-refractivity contribution in [3.8, 4) is 5.75 Å². The Morgan fingerprint density at radius 2 is 1.92 bits per heavy atom. The van der Waals surface area contributed by atoms with E-state index in [1.165, 1.54) is 18.2 Å². The van der Waals surface area contributed by atoms with Crippen molar-refractivity contribution in [1.29, 1.82) is 0 Å². The number of nitrogens with zero attached hydrogens (tertiary/aromatic N) is 2. The van der Waals surface area contributed by atoms with E-state index in [1.54, 1.807) is 36.1 Å². The molecule has 0 unspecified atom stereocenters. The summed E-state index contributed by atoms with van der Waals surface area (Å²) in [5, 5.41) is 11.0. The summed E-state index contributed by atoms with van der Waals surface area (Å²) < 4.78 is 5.25. The Bertz CT molecular complexity index is 845. The topological polar surface area (TPSA) is 89.8 Å². The first-order chi connectivity index (χ1) is 12.0. The highest BCUT2D eigenvalue weighted by Crippen LogP contribution is 2.25. The van der Waals surface area contributed by atoms with Gasteiger partial charge in [-0.2, -0.15) is 0 Å². The summed E-state index contributed by atoms with van der Waals surface area (Å²) in [4.78, 5) is 36.0. The van der Waals surface area contributed by atoms with Gasteiger partial charge in [-0.05, 0) is 43.7 Å². The molecule has 25 heavy (non-hydrogen) atoms. The van der Waals surface area contributed by atoms with Gasteiger partial charge in [0.05, 0.1) is 10.5 Å². The smallest absolute Gasteiger partial charge is 0.343 e. The zero-order chi connectivity index (χ0) is 18.0. The number of benzene rings is 2. The van der Waals surface area contributed by atoms with Gasteiger partial charge in [0.25, 0.3) is 5.69 Å². The molecule has 2 aromatic carbocycles. The molecule has 0 saturated carbocycles. The second kappa shape index (κ2) is 6.72. The monoisotopic (exact) mass is 340 g/mol. The van der Waals surface area contributed by atoms with Crippen molar-refractivity contribution in [2.45, 2.75) is 19.8 Å². The van der Waals surface area contributed by atoms with Crippen LogP contribution in [0.2, 0.25) is 0 Å². The SMILES string of the molecule is Cc1ccc(C(=O)Oc2ccc(N3CCCC3=O)cc2)cc1[N+](=O)[O-]. The van der Waals surface area contributed by atoms with Gasteiger partial charge in [0.1, 0.15) is 5.75 Å². The summed E-state index contributed by atoms with van der Waals surface area (Å²) in [6.07, 6.45) is 1.38. The molecule has 3 rings (SSSR count). The highest BCUT2D eigenvalue weighted by atomic mass is 16.6. The van der Waals surface area contributed by atoms with Crippen LogP contribution in [0.15, 0.2) is 42.5 Å². The number of carbonyl (C=O) groups is 2. The molecule has 1 saturated heterocycles. The third-order valence-corrected chi connectivity index (χ3v) is 4.07. The van der Waals surface area contributed by atoms with Gasteiger partial charge in [0.15, 0.2) is 0 Å². The maximum Gasteiger partial charge on any atom is 0.343 e. The number of nitro benzene ring substituents is 1. The van der Waals surface area contributed by atoms with Crippen molar-refractivity contribution >= 4 is 23.3 Å². The average molecular weight is 340 g/mol. The standard InChI is InChI=1S/C18H16N2O5/c1-12-4-5-13(11-16(12)20(23)24)18(22)25-15-8-6-14(7-9-15)19-10-2-3-17(19)21/h4-9,11H,2-3,10H2,1H3. The molecule has 7 heteroatoms. The molecule has 1 heterocycles. The van der Waals surface area contributed by atoms with Crippen molar-refractivity contribution in [1.82, 2.24) is 0 Å². The molecule has 1 aliphatic heterocycles. The van der Waals surface area contributed by atoms with Crippen LogP contribution < -0.4 is 9.64 Å². The van der Waals surface area contributed by atoms with Crippen molar-refractivity contribution in [2.75, 3.05) is 11.4 Å². The average Bonchev–Trinajstić information content (AvgIpc) is 3.01. The zero-order valence-corrected chi connectivity index (χ0v) is 13.6. The van der Waals surface area contributed by atoms with Crippen molar-refractivity contribution in [3.05, 3.63) is 63.7 Å². The first kappa shape index (κ1) is 16.6. The second-order valence-corrected chi connectivity index (χ2v) is 5.79. The first-order valence-electron chi connectivity index (χ1n) is 7.83. The van der Waals surface area contributed by atoms with Gasteiger partial charge in [-0.1, -0.05) is 6.07 Å². The van der Waals surface area contributed by atoms with E-state index >= 15 is 0 Å². The van der Waals surface area contributed by atoms with Crippen LogP contribution in [0.1, 0.15) is 28.8 Å². The Labute approximate surface area is 144 Å². The lowest BCUT2D eigenvalue weighted by atomic mass is 10.1. The largest absolute Gasteiger partial charge is 0.423 e. The fourth-order valence-corrected chi connectivity index (χ4v) is 2.71. The predicted octanol–water partition coefficient (Wildman–Crippen LogP) is 3.25. The number of nitro groups is 1. The summed E-state index contributed by atoms with van der Waals surface area (Å²) in [7, 11) is 0. The van der Waals surface area contributed by atoms with E-state index in [2.05, 4.69) is 0 Å². The number of amides is 1. The van der Waals surface area contributed by atoms with E-state index in [0.29, 0.717) is 24.3 Å². The quantitative estimate of drug-likeness (QED) is 0.369. The highest BCUT2D eigenvalue weighted by Gasteiger charge is 2.22. The van der Waals surface area contributed by atoms with E-state index < -0.39 is 10.9 Å². The molecule has 0 atom stereocenters. The van der Waals surface area contributed by atoms with Gasteiger partial charge in [-0.15, -0.1) is 0 Å². The lowest BCUT2D eigenvalue weighted by Crippen LogP contribution is -2.23. The maximum absolute atomic E-state index is 12.2.